The number of halogens is 1. The van der Waals surface area contributed by atoms with Crippen molar-refractivity contribution in [2.24, 2.45) is 0 Å². The number of rotatable bonds is 5. The highest BCUT2D eigenvalue weighted by molar-refractivity contribution is 7.87. The summed E-state index contributed by atoms with van der Waals surface area (Å²) in [5.41, 5.74) is 0. The van der Waals surface area contributed by atoms with E-state index in [1.54, 1.807) is 0 Å². The summed E-state index contributed by atoms with van der Waals surface area (Å²) < 4.78 is 34.9. The lowest BCUT2D eigenvalue weighted by Crippen LogP contribution is -2.31. The van der Waals surface area contributed by atoms with Crippen molar-refractivity contribution in [2.45, 2.75) is 37.5 Å². The molecule has 2 rings (SSSR count). The van der Waals surface area contributed by atoms with Gasteiger partial charge in [0.25, 0.3) is 0 Å². The molecular weight excluding hydrogens is 289 g/mol. The zero-order valence-electron chi connectivity index (χ0n) is 10.6. The summed E-state index contributed by atoms with van der Waals surface area (Å²) in [6, 6.07) is 3.69. The SMILES string of the molecule is CCCC(c1cccs1)N1CC(S(=O)(=O)F)CC1=O. The van der Waals surface area contributed by atoms with E-state index in [-0.39, 0.29) is 24.9 Å². The molecule has 2 atom stereocenters. The molecule has 2 heterocycles. The van der Waals surface area contributed by atoms with Crippen molar-refractivity contribution in [3.63, 3.8) is 0 Å². The normalized spacial score (nSPS) is 21.9. The first-order chi connectivity index (χ1) is 8.93. The summed E-state index contributed by atoms with van der Waals surface area (Å²) in [7, 11) is -4.64. The van der Waals surface area contributed by atoms with Crippen molar-refractivity contribution in [3.05, 3.63) is 22.4 Å². The second-order valence-corrected chi connectivity index (χ2v) is 7.26. The van der Waals surface area contributed by atoms with E-state index in [9.17, 15) is 17.1 Å². The summed E-state index contributed by atoms with van der Waals surface area (Å²) in [5, 5.41) is 0.710. The van der Waals surface area contributed by atoms with Gasteiger partial charge in [0.05, 0.1) is 6.04 Å². The molecule has 106 valence electrons. The molecule has 7 heteroatoms. The van der Waals surface area contributed by atoms with Gasteiger partial charge in [-0.2, -0.15) is 8.42 Å². The van der Waals surface area contributed by atoms with Gasteiger partial charge in [-0.25, -0.2) is 0 Å². The van der Waals surface area contributed by atoms with Crippen molar-refractivity contribution >= 4 is 27.5 Å². The van der Waals surface area contributed by atoms with Gasteiger partial charge in [0.15, 0.2) is 0 Å². The minimum Gasteiger partial charge on any atom is -0.333 e. The van der Waals surface area contributed by atoms with E-state index in [1.165, 1.54) is 16.2 Å². The lowest BCUT2D eigenvalue weighted by molar-refractivity contribution is -0.129. The average Bonchev–Trinajstić information content (AvgIpc) is 2.94. The zero-order valence-corrected chi connectivity index (χ0v) is 12.2. The number of hydrogen-bond donors (Lipinski definition) is 0. The molecule has 1 aliphatic heterocycles. The Hall–Kier alpha value is -0.950. The topological polar surface area (TPSA) is 54.5 Å². The third-order valence-corrected chi connectivity index (χ3v) is 5.42. The maximum Gasteiger partial charge on any atom is 0.307 e. The van der Waals surface area contributed by atoms with Crippen molar-refractivity contribution in [3.8, 4) is 0 Å². The molecule has 0 aliphatic carbocycles. The lowest BCUT2D eigenvalue weighted by atomic mass is 10.1. The second-order valence-electron chi connectivity index (χ2n) is 4.67. The molecule has 4 nitrogen and oxygen atoms in total. The molecule has 0 aromatic carbocycles. The summed E-state index contributed by atoms with van der Waals surface area (Å²) >= 11 is 1.53. The summed E-state index contributed by atoms with van der Waals surface area (Å²) in [6.07, 6.45) is 1.38. The predicted octanol–water partition coefficient (Wildman–Crippen LogP) is 2.49. The van der Waals surface area contributed by atoms with Gasteiger partial charge in [-0.15, -0.1) is 15.2 Å². The largest absolute Gasteiger partial charge is 0.333 e. The fourth-order valence-electron chi connectivity index (χ4n) is 2.39. The van der Waals surface area contributed by atoms with Crippen molar-refractivity contribution in [2.75, 3.05) is 6.54 Å². The third-order valence-electron chi connectivity index (χ3n) is 3.33. The van der Waals surface area contributed by atoms with Gasteiger partial charge in [-0.3, -0.25) is 4.79 Å². The third kappa shape index (κ3) is 3.14. The zero-order chi connectivity index (χ0) is 14.0. The number of hydrogen-bond acceptors (Lipinski definition) is 4. The standard InChI is InChI=1S/C12H16FNO3S2/c1-2-4-10(11-5-3-6-18-11)14-8-9(7-12(14)15)19(13,16)17/h3,5-6,9-10H,2,4,7-8H2,1H3. The number of carbonyl (C=O) groups is 1. The minimum atomic E-state index is -4.64. The number of carbonyl (C=O) groups excluding carboxylic acids is 1. The molecule has 0 radical (unpaired) electrons. The second kappa shape index (κ2) is 5.58. The molecule has 19 heavy (non-hydrogen) atoms. The van der Waals surface area contributed by atoms with Gasteiger partial charge in [0.1, 0.15) is 5.25 Å². The molecule has 1 saturated heterocycles. The van der Waals surface area contributed by atoms with Crippen LogP contribution in [0.25, 0.3) is 0 Å². The lowest BCUT2D eigenvalue weighted by Gasteiger charge is -2.27. The van der Waals surface area contributed by atoms with Crippen molar-refractivity contribution < 1.29 is 17.1 Å². The molecule has 1 fully saturated rings. The van der Waals surface area contributed by atoms with Crippen LogP contribution in [-0.2, 0) is 15.0 Å². The molecule has 1 amide bonds. The maximum absolute atomic E-state index is 13.0. The number of nitrogens with zero attached hydrogens (tertiary/aromatic N) is 1. The highest BCUT2D eigenvalue weighted by Gasteiger charge is 2.41. The van der Waals surface area contributed by atoms with E-state index in [1.807, 2.05) is 24.4 Å². The highest BCUT2D eigenvalue weighted by atomic mass is 32.3. The van der Waals surface area contributed by atoms with Crippen LogP contribution < -0.4 is 0 Å². The smallest absolute Gasteiger partial charge is 0.307 e. The molecule has 0 N–H and O–H groups in total. The van der Waals surface area contributed by atoms with E-state index >= 15 is 0 Å². The summed E-state index contributed by atoms with van der Waals surface area (Å²) in [6.45, 7) is 1.96. The van der Waals surface area contributed by atoms with Crippen LogP contribution in [0.5, 0.6) is 0 Å². The first-order valence-corrected chi connectivity index (χ1v) is 8.52. The Morgan fingerprint density at radius 2 is 2.32 bits per heavy atom. The summed E-state index contributed by atoms with van der Waals surface area (Å²) in [4.78, 5) is 14.5. The van der Waals surface area contributed by atoms with Crippen molar-refractivity contribution in [1.29, 1.82) is 0 Å². The molecule has 1 aromatic rings. The van der Waals surface area contributed by atoms with E-state index < -0.39 is 15.5 Å². The molecular formula is C12H16FNO3S2. The number of thiophene rings is 1. The Morgan fingerprint density at radius 1 is 1.58 bits per heavy atom. The van der Waals surface area contributed by atoms with Crippen LogP contribution in [0.15, 0.2) is 17.5 Å². The van der Waals surface area contributed by atoms with E-state index in [2.05, 4.69) is 0 Å². The van der Waals surface area contributed by atoms with E-state index in [4.69, 9.17) is 0 Å². The Balaban J connectivity index is 2.22. The van der Waals surface area contributed by atoms with Crippen LogP contribution in [0.1, 0.15) is 37.1 Å². The molecule has 2 unspecified atom stereocenters. The fourth-order valence-corrected chi connectivity index (χ4v) is 3.95. The molecule has 0 spiro atoms. The number of amides is 1. The van der Waals surface area contributed by atoms with Gasteiger partial charge in [-0.05, 0) is 17.9 Å². The Labute approximate surface area is 116 Å². The van der Waals surface area contributed by atoms with Crippen molar-refractivity contribution in [1.82, 2.24) is 4.90 Å². The van der Waals surface area contributed by atoms with Crippen LogP contribution in [0.2, 0.25) is 0 Å². The van der Waals surface area contributed by atoms with Crippen LogP contribution in [0, 0.1) is 0 Å². The van der Waals surface area contributed by atoms with E-state index in [0.29, 0.717) is 0 Å². The summed E-state index contributed by atoms with van der Waals surface area (Å²) in [5.74, 6) is -0.280. The van der Waals surface area contributed by atoms with Crippen LogP contribution in [0.3, 0.4) is 0 Å². The molecule has 1 aliphatic rings. The van der Waals surface area contributed by atoms with Crippen LogP contribution in [0.4, 0.5) is 3.89 Å². The van der Waals surface area contributed by atoms with Gasteiger partial charge in [-0.1, -0.05) is 19.4 Å². The molecule has 0 saturated carbocycles. The molecule has 0 bridgehead atoms. The number of likely N-dealkylation sites (tertiary alicyclic amines) is 1. The van der Waals surface area contributed by atoms with Crippen LogP contribution >= 0.6 is 11.3 Å². The first-order valence-electron chi connectivity index (χ1n) is 6.19. The maximum atomic E-state index is 13.0. The minimum absolute atomic E-state index is 0.0414. The fraction of sp³-hybridized carbons (Fsp3) is 0.583. The Morgan fingerprint density at radius 3 is 2.79 bits per heavy atom. The van der Waals surface area contributed by atoms with Crippen LogP contribution in [-0.4, -0.2) is 31.0 Å². The first kappa shape index (κ1) is 14.5. The predicted molar refractivity (Wildman–Crippen MR) is 72.1 cm³/mol. The van der Waals surface area contributed by atoms with Gasteiger partial charge < -0.3 is 4.90 Å². The monoisotopic (exact) mass is 305 g/mol. The Bertz CT molecular complexity index is 541. The van der Waals surface area contributed by atoms with Gasteiger partial charge >= 0.3 is 10.2 Å². The highest BCUT2D eigenvalue weighted by Crippen LogP contribution is 2.34. The van der Waals surface area contributed by atoms with Gasteiger partial charge in [0, 0.05) is 17.8 Å². The van der Waals surface area contributed by atoms with E-state index in [0.717, 1.165) is 17.7 Å². The van der Waals surface area contributed by atoms with Gasteiger partial charge in [0.2, 0.25) is 5.91 Å². The Kier molecular flexibility index (Phi) is 4.25. The average molecular weight is 305 g/mol. The molecule has 1 aromatic heterocycles. The quantitative estimate of drug-likeness (QED) is 0.785.